The number of hydrogen-bond acceptors (Lipinski definition) is 3. The summed E-state index contributed by atoms with van der Waals surface area (Å²) >= 11 is 7.15. The van der Waals surface area contributed by atoms with Gasteiger partial charge in [-0.3, -0.25) is 9.48 Å². The third kappa shape index (κ3) is 4.02. The first-order valence-electron chi connectivity index (χ1n) is 6.24. The lowest BCUT2D eigenvalue weighted by molar-refractivity contribution is -0.133. The lowest BCUT2D eigenvalue weighted by atomic mass is 10.2. The fourth-order valence-corrected chi connectivity index (χ4v) is 2.62. The van der Waals surface area contributed by atoms with Gasteiger partial charge in [0, 0.05) is 5.02 Å². The van der Waals surface area contributed by atoms with Gasteiger partial charge in [-0.15, -0.1) is 0 Å². The van der Waals surface area contributed by atoms with E-state index in [9.17, 15) is 4.79 Å². The summed E-state index contributed by atoms with van der Waals surface area (Å²) in [7, 11) is 0. The molecule has 2 rings (SSSR count). The Morgan fingerprint density at radius 1 is 1.40 bits per heavy atom. The molecule has 20 heavy (non-hydrogen) atoms. The molecule has 106 valence electrons. The van der Waals surface area contributed by atoms with Gasteiger partial charge in [0.05, 0.1) is 23.0 Å². The van der Waals surface area contributed by atoms with Crippen molar-refractivity contribution < 1.29 is 9.90 Å². The van der Waals surface area contributed by atoms with Crippen LogP contribution in [-0.2, 0) is 17.8 Å². The molecule has 0 aliphatic carbocycles. The minimum Gasteiger partial charge on any atom is -0.481 e. The van der Waals surface area contributed by atoms with E-state index in [1.165, 1.54) is 11.8 Å². The number of carbonyl (C=O) groups is 1. The van der Waals surface area contributed by atoms with Crippen molar-refractivity contribution in [2.75, 3.05) is 5.75 Å². The minimum atomic E-state index is -0.827. The molecule has 0 atom stereocenters. The maximum atomic E-state index is 10.7. The Labute approximate surface area is 126 Å². The van der Waals surface area contributed by atoms with E-state index < -0.39 is 5.97 Å². The Morgan fingerprint density at radius 2 is 2.10 bits per heavy atom. The number of rotatable bonds is 6. The van der Waals surface area contributed by atoms with Crippen LogP contribution < -0.4 is 0 Å². The standard InChI is InChI=1S/C14H15ClN2O2S/c1-2-12-7-13(20-9-14(18)19)17(16-12)8-10-3-5-11(15)6-4-10/h3-7H,2,8-9H2,1H3,(H,18,19). The molecule has 4 nitrogen and oxygen atoms in total. The van der Waals surface area contributed by atoms with Crippen LogP contribution in [0.5, 0.6) is 0 Å². The Kier molecular flexibility index (Phi) is 5.09. The number of carboxylic acids is 1. The molecule has 0 spiro atoms. The Morgan fingerprint density at radius 3 is 2.70 bits per heavy atom. The lowest BCUT2D eigenvalue weighted by Gasteiger charge is -2.06. The van der Waals surface area contributed by atoms with Crippen LogP contribution in [0, 0.1) is 0 Å². The Bertz CT molecular complexity index is 596. The highest BCUT2D eigenvalue weighted by Crippen LogP contribution is 2.21. The maximum Gasteiger partial charge on any atom is 0.313 e. The SMILES string of the molecule is CCc1cc(SCC(=O)O)n(Cc2ccc(Cl)cc2)n1. The number of nitrogens with zero attached hydrogens (tertiary/aromatic N) is 2. The van der Waals surface area contributed by atoms with Crippen molar-refractivity contribution in [2.24, 2.45) is 0 Å². The number of aromatic nitrogens is 2. The molecule has 1 heterocycles. The topological polar surface area (TPSA) is 55.1 Å². The molecule has 0 radical (unpaired) electrons. The van der Waals surface area contributed by atoms with E-state index in [0.717, 1.165) is 22.7 Å². The zero-order chi connectivity index (χ0) is 14.5. The van der Waals surface area contributed by atoms with Crippen molar-refractivity contribution in [3.8, 4) is 0 Å². The molecule has 6 heteroatoms. The van der Waals surface area contributed by atoms with Crippen LogP contribution >= 0.6 is 23.4 Å². The fraction of sp³-hybridized carbons (Fsp3) is 0.286. The molecule has 0 amide bonds. The second-order valence-corrected chi connectivity index (χ2v) is 5.73. The van der Waals surface area contributed by atoms with Gasteiger partial charge in [0.2, 0.25) is 0 Å². The molecule has 0 bridgehead atoms. The Hall–Kier alpha value is -1.46. The molecule has 0 unspecified atom stereocenters. The van der Waals surface area contributed by atoms with Gasteiger partial charge in [0.15, 0.2) is 0 Å². The molecule has 0 saturated carbocycles. The molecule has 0 saturated heterocycles. The number of carboxylic acid groups (broad SMARTS) is 1. The van der Waals surface area contributed by atoms with Gasteiger partial charge in [-0.2, -0.15) is 5.10 Å². The highest BCUT2D eigenvalue weighted by molar-refractivity contribution is 7.99. The average Bonchev–Trinajstić information content (AvgIpc) is 2.81. The summed E-state index contributed by atoms with van der Waals surface area (Å²) in [6.45, 7) is 2.64. The van der Waals surface area contributed by atoms with Crippen molar-refractivity contribution in [1.29, 1.82) is 0 Å². The van der Waals surface area contributed by atoms with Crippen LogP contribution in [-0.4, -0.2) is 26.6 Å². The molecule has 1 N–H and O–H groups in total. The smallest absolute Gasteiger partial charge is 0.313 e. The summed E-state index contributed by atoms with van der Waals surface area (Å²) in [5, 5.41) is 14.9. The predicted molar refractivity (Wildman–Crippen MR) is 80.5 cm³/mol. The van der Waals surface area contributed by atoms with E-state index in [1.807, 2.05) is 41.9 Å². The first-order valence-corrected chi connectivity index (χ1v) is 7.60. The van der Waals surface area contributed by atoms with E-state index in [-0.39, 0.29) is 5.75 Å². The second-order valence-electron chi connectivity index (χ2n) is 4.29. The average molecular weight is 311 g/mol. The van der Waals surface area contributed by atoms with E-state index in [1.54, 1.807) is 0 Å². The molecular formula is C14H15ClN2O2S. The van der Waals surface area contributed by atoms with Crippen molar-refractivity contribution in [3.63, 3.8) is 0 Å². The lowest BCUT2D eigenvalue weighted by Crippen LogP contribution is -2.05. The van der Waals surface area contributed by atoms with Crippen LogP contribution in [0.15, 0.2) is 35.4 Å². The van der Waals surface area contributed by atoms with Crippen LogP contribution in [0.3, 0.4) is 0 Å². The normalized spacial score (nSPS) is 10.7. The van der Waals surface area contributed by atoms with Crippen LogP contribution in [0.4, 0.5) is 0 Å². The Balaban J connectivity index is 2.18. The van der Waals surface area contributed by atoms with Gasteiger partial charge < -0.3 is 5.11 Å². The van der Waals surface area contributed by atoms with Gasteiger partial charge in [0.1, 0.15) is 0 Å². The van der Waals surface area contributed by atoms with Crippen LogP contribution in [0.2, 0.25) is 5.02 Å². The first-order chi connectivity index (χ1) is 9.58. The number of hydrogen-bond donors (Lipinski definition) is 1. The third-order valence-corrected chi connectivity index (χ3v) is 4.01. The maximum absolute atomic E-state index is 10.7. The van der Waals surface area contributed by atoms with Crippen molar-refractivity contribution >= 4 is 29.3 Å². The quantitative estimate of drug-likeness (QED) is 0.832. The third-order valence-electron chi connectivity index (χ3n) is 2.75. The molecule has 1 aromatic carbocycles. The highest BCUT2D eigenvalue weighted by Gasteiger charge is 2.10. The molecule has 0 aliphatic rings. The van der Waals surface area contributed by atoms with E-state index >= 15 is 0 Å². The van der Waals surface area contributed by atoms with Gasteiger partial charge in [-0.05, 0) is 30.2 Å². The molecule has 1 aromatic heterocycles. The molecule has 0 fully saturated rings. The largest absolute Gasteiger partial charge is 0.481 e. The number of thioether (sulfide) groups is 1. The van der Waals surface area contributed by atoms with E-state index in [0.29, 0.717) is 11.6 Å². The van der Waals surface area contributed by atoms with Gasteiger partial charge in [0.25, 0.3) is 0 Å². The number of aliphatic carboxylic acids is 1. The summed E-state index contributed by atoms with van der Waals surface area (Å²) in [6.07, 6.45) is 0.828. The molecule has 0 aliphatic heterocycles. The fourth-order valence-electron chi connectivity index (χ4n) is 1.75. The summed E-state index contributed by atoms with van der Waals surface area (Å²) in [6, 6.07) is 9.52. The second kappa shape index (κ2) is 6.81. The van der Waals surface area contributed by atoms with E-state index in [4.69, 9.17) is 16.7 Å². The number of aryl methyl sites for hydroxylation is 1. The van der Waals surface area contributed by atoms with Crippen LogP contribution in [0.25, 0.3) is 0 Å². The molecule has 2 aromatic rings. The van der Waals surface area contributed by atoms with E-state index in [2.05, 4.69) is 5.10 Å². The van der Waals surface area contributed by atoms with Gasteiger partial charge >= 0.3 is 5.97 Å². The highest BCUT2D eigenvalue weighted by atomic mass is 35.5. The summed E-state index contributed by atoms with van der Waals surface area (Å²) in [5.41, 5.74) is 2.05. The number of halogens is 1. The summed E-state index contributed by atoms with van der Waals surface area (Å²) in [5.74, 6) is -0.789. The molecular weight excluding hydrogens is 296 g/mol. The predicted octanol–water partition coefficient (Wildman–Crippen LogP) is 3.32. The minimum absolute atomic E-state index is 0.0372. The summed E-state index contributed by atoms with van der Waals surface area (Å²) < 4.78 is 1.84. The number of benzene rings is 1. The van der Waals surface area contributed by atoms with Crippen molar-refractivity contribution in [2.45, 2.75) is 24.9 Å². The van der Waals surface area contributed by atoms with Crippen molar-refractivity contribution in [1.82, 2.24) is 9.78 Å². The van der Waals surface area contributed by atoms with Crippen molar-refractivity contribution in [3.05, 3.63) is 46.6 Å². The van der Waals surface area contributed by atoms with Gasteiger partial charge in [-0.1, -0.05) is 42.4 Å². The zero-order valence-corrected chi connectivity index (χ0v) is 12.6. The van der Waals surface area contributed by atoms with Crippen LogP contribution in [0.1, 0.15) is 18.2 Å². The van der Waals surface area contributed by atoms with Gasteiger partial charge in [-0.25, -0.2) is 0 Å². The first kappa shape index (κ1) is 14.9. The summed E-state index contributed by atoms with van der Waals surface area (Å²) in [4.78, 5) is 10.7. The monoisotopic (exact) mass is 310 g/mol. The zero-order valence-electron chi connectivity index (χ0n) is 11.0.